The Bertz CT molecular complexity index is 667. The average molecular weight is 329 g/mol. The molecule has 1 atom stereocenters. The molecule has 1 fully saturated rings. The molecule has 0 unspecified atom stereocenters. The van der Waals surface area contributed by atoms with Crippen LogP contribution in [-0.4, -0.2) is 39.1 Å². The van der Waals surface area contributed by atoms with Crippen LogP contribution in [0.4, 0.5) is 10.1 Å². The Kier molecular flexibility index (Phi) is 5.23. The van der Waals surface area contributed by atoms with E-state index in [0.29, 0.717) is 5.69 Å². The van der Waals surface area contributed by atoms with Crippen molar-refractivity contribution in [2.24, 2.45) is 0 Å². The van der Waals surface area contributed by atoms with Gasteiger partial charge >= 0.3 is 0 Å². The summed E-state index contributed by atoms with van der Waals surface area (Å²) in [4.78, 5) is 15.7. The van der Waals surface area contributed by atoms with Gasteiger partial charge in [0.25, 0.3) is 5.91 Å². The van der Waals surface area contributed by atoms with Crippen molar-refractivity contribution in [3.05, 3.63) is 66.0 Å². The molecule has 0 aromatic heterocycles. The molecular formula is C19H24FN3O+2. The van der Waals surface area contributed by atoms with E-state index >= 15 is 0 Å². The van der Waals surface area contributed by atoms with Gasteiger partial charge in [-0.25, -0.2) is 4.39 Å². The topological polar surface area (TPSA) is 38.0 Å². The molecule has 1 aliphatic heterocycles. The van der Waals surface area contributed by atoms with Gasteiger partial charge in [-0.15, -0.1) is 0 Å². The molecule has 1 saturated heterocycles. The van der Waals surface area contributed by atoms with E-state index in [4.69, 9.17) is 0 Å². The highest BCUT2D eigenvalue weighted by Gasteiger charge is 2.34. The van der Waals surface area contributed by atoms with Crippen LogP contribution < -0.4 is 15.1 Å². The zero-order chi connectivity index (χ0) is 16.9. The summed E-state index contributed by atoms with van der Waals surface area (Å²) < 4.78 is 13.1. The molecular weight excluding hydrogens is 305 g/mol. The minimum atomic E-state index is -0.305. The first-order chi connectivity index (χ1) is 11.6. The highest BCUT2D eigenvalue weighted by atomic mass is 19.1. The van der Waals surface area contributed by atoms with Crippen molar-refractivity contribution in [3.8, 4) is 0 Å². The summed E-state index contributed by atoms with van der Waals surface area (Å²) in [6.45, 7) is 4.04. The Morgan fingerprint density at radius 3 is 2.25 bits per heavy atom. The zero-order valence-electron chi connectivity index (χ0n) is 13.9. The lowest BCUT2D eigenvalue weighted by Gasteiger charge is -2.32. The molecule has 0 bridgehead atoms. The van der Waals surface area contributed by atoms with E-state index in [1.54, 1.807) is 12.1 Å². The van der Waals surface area contributed by atoms with Crippen molar-refractivity contribution in [2.75, 3.05) is 38.5 Å². The standard InChI is InChI=1S/C19H22FN3O/c1-22-11-13-23(14-12-22)18(15-5-3-2-4-6-15)19(24)21-17-9-7-16(20)8-10-17/h2-10,18H,11-14H2,1H3,(H,21,24)/p+2/t18-/m0/s1. The molecule has 4 nitrogen and oxygen atoms in total. The normalized spacial score (nSPS) is 21.9. The average Bonchev–Trinajstić information content (AvgIpc) is 2.60. The summed E-state index contributed by atoms with van der Waals surface area (Å²) in [5, 5.41) is 2.94. The Labute approximate surface area is 141 Å². The van der Waals surface area contributed by atoms with Crippen molar-refractivity contribution in [1.29, 1.82) is 0 Å². The number of hydrogen-bond donors (Lipinski definition) is 3. The summed E-state index contributed by atoms with van der Waals surface area (Å²) in [5.41, 5.74) is 1.65. The Morgan fingerprint density at radius 2 is 1.62 bits per heavy atom. The Balaban J connectivity index is 1.81. The van der Waals surface area contributed by atoms with Crippen molar-refractivity contribution in [2.45, 2.75) is 6.04 Å². The van der Waals surface area contributed by atoms with Crippen LogP contribution in [0.2, 0.25) is 0 Å². The maximum absolute atomic E-state index is 13.1. The lowest BCUT2D eigenvalue weighted by atomic mass is 10.0. The second kappa shape index (κ2) is 7.55. The van der Waals surface area contributed by atoms with Gasteiger partial charge in [0.2, 0.25) is 0 Å². The predicted octanol–water partition coefficient (Wildman–Crippen LogP) is -0.0813. The number of anilines is 1. The first kappa shape index (κ1) is 16.6. The minimum Gasteiger partial charge on any atom is -0.328 e. The molecule has 0 spiro atoms. The van der Waals surface area contributed by atoms with E-state index in [-0.39, 0.29) is 17.8 Å². The number of quaternary nitrogens is 2. The Morgan fingerprint density at radius 1 is 1.00 bits per heavy atom. The van der Waals surface area contributed by atoms with Crippen LogP contribution >= 0.6 is 0 Å². The second-order valence-corrected chi connectivity index (χ2v) is 6.46. The van der Waals surface area contributed by atoms with Gasteiger partial charge in [-0.2, -0.15) is 0 Å². The van der Waals surface area contributed by atoms with E-state index in [1.807, 2.05) is 30.3 Å². The molecule has 5 heteroatoms. The lowest BCUT2D eigenvalue weighted by Crippen LogP contribution is -3.27. The van der Waals surface area contributed by atoms with Gasteiger partial charge in [0.1, 0.15) is 32.0 Å². The highest BCUT2D eigenvalue weighted by Crippen LogP contribution is 2.14. The van der Waals surface area contributed by atoms with E-state index in [2.05, 4.69) is 12.4 Å². The minimum absolute atomic E-state index is 0.0395. The third kappa shape index (κ3) is 3.99. The quantitative estimate of drug-likeness (QED) is 0.721. The number of piperazine rings is 1. The molecule has 24 heavy (non-hydrogen) atoms. The third-order valence-corrected chi connectivity index (χ3v) is 4.66. The molecule has 0 aliphatic carbocycles. The third-order valence-electron chi connectivity index (χ3n) is 4.66. The fourth-order valence-electron chi connectivity index (χ4n) is 3.25. The van der Waals surface area contributed by atoms with Gasteiger partial charge < -0.3 is 15.1 Å². The maximum atomic E-state index is 13.1. The number of hydrogen-bond acceptors (Lipinski definition) is 1. The number of carbonyl (C=O) groups excluding carboxylic acids is 1. The van der Waals surface area contributed by atoms with Crippen LogP contribution in [0.5, 0.6) is 0 Å². The summed E-state index contributed by atoms with van der Waals surface area (Å²) in [6, 6.07) is 15.6. The molecule has 126 valence electrons. The van der Waals surface area contributed by atoms with Gasteiger partial charge in [-0.3, -0.25) is 4.79 Å². The number of nitrogens with one attached hydrogen (secondary N) is 3. The lowest BCUT2D eigenvalue weighted by molar-refractivity contribution is -1.01. The van der Waals surface area contributed by atoms with Crippen molar-refractivity contribution < 1.29 is 19.0 Å². The highest BCUT2D eigenvalue weighted by molar-refractivity contribution is 5.94. The molecule has 3 rings (SSSR count). The van der Waals surface area contributed by atoms with Crippen LogP contribution in [0.25, 0.3) is 0 Å². The fourth-order valence-corrected chi connectivity index (χ4v) is 3.25. The van der Waals surface area contributed by atoms with E-state index in [1.165, 1.54) is 21.9 Å². The maximum Gasteiger partial charge on any atom is 0.287 e. The molecule has 0 saturated carbocycles. The number of halogens is 1. The van der Waals surface area contributed by atoms with Gasteiger partial charge in [-0.1, -0.05) is 30.3 Å². The number of amides is 1. The van der Waals surface area contributed by atoms with Crippen LogP contribution in [0, 0.1) is 5.82 Å². The molecule has 0 radical (unpaired) electrons. The number of benzene rings is 2. The zero-order valence-corrected chi connectivity index (χ0v) is 13.9. The summed E-state index contributed by atoms with van der Waals surface area (Å²) in [5.74, 6) is -0.345. The van der Waals surface area contributed by atoms with Crippen molar-refractivity contribution >= 4 is 11.6 Å². The van der Waals surface area contributed by atoms with Gasteiger partial charge in [0, 0.05) is 11.3 Å². The van der Waals surface area contributed by atoms with Crippen LogP contribution in [-0.2, 0) is 4.79 Å². The molecule has 2 aromatic carbocycles. The monoisotopic (exact) mass is 329 g/mol. The van der Waals surface area contributed by atoms with Gasteiger partial charge in [-0.05, 0) is 24.3 Å². The Hall–Kier alpha value is -2.24. The first-order valence-corrected chi connectivity index (χ1v) is 8.41. The predicted molar refractivity (Wildman–Crippen MR) is 91.5 cm³/mol. The number of likely N-dealkylation sites (N-methyl/N-ethyl adjacent to an activating group) is 1. The number of rotatable bonds is 4. The van der Waals surface area contributed by atoms with Gasteiger partial charge in [0.15, 0.2) is 6.04 Å². The first-order valence-electron chi connectivity index (χ1n) is 8.41. The largest absolute Gasteiger partial charge is 0.328 e. The smallest absolute Gasteiger partial charge is 0.287 e. The molecule has 1 amide bonds. The van der Waals surface area contributed by atoms with Crippen molar-refractivity contribution in [1.82, 2.24) is 0 Å². The van der Waals surface area contributed by atoms with Crippen molar-refractivity contribution in [3.63, 3.8) is 0 Å². The van der Waals surface area contributed by atoms with Crippen LogP contribution in [0.15, 0.2) is 54.6 Å². The second-order valence-electron chi connectivity index (χ2n) is 6.46. The summed E-state index contributed by atoms with van der Waals surface area (Å²) in [6.07, 6.45) is 0. The van der Waals surface area contributed by atoms with E-state index < -0.39 is 0 Å². The van der Waals surface area contributed by atoms with Gasteiger partial charge in [0.05, 0.1) is 7.05 Å². The fraction of sp³-hybridized carbons (Fsp3) is 0.316. The van der Waals surface area contributed by atoms with E-state index in [9.17, 15) is 9.18 Å². The molecule has 1 aliphatic rings. The molecule has 3 N–H and O–H groups in total. The summed E-state index contributed by atoms with van der Waals surface area (Å²) >= 11 is 0. The molecule has 1 heterocycles. The van der Waals surface area contributed by atoms with E-state index in [0.717, 1.165) is 31.7 Å². The van der Waals surface area contributed by atoms with Crippen LogP contribution in [0.3, 0.4) is 0 Å². The molecule has 2 aromatic rings. The number of carbonyl (C=O) groups is 1. The van der Waals surface area contributed by atoms with Crippen LogP contribution in [0.1, 0.15) is 11.6 Å². The SMILES string of the molecule is C[NH+]1CC[NH+]([C@H](C(=O)Nc2ccc(F)cc2)c2ccccc2)CC1. The summed E-state index contributed by atoms with van der Waals surface area (Å²) in [7, 11) is 2.19.